The van der Waals surface area contributed by atoms with E-state index in [0.29, 0.717) is 10.6 Å². The molecular weight excluding hydrogens is 340 g/mol. The number of rotatable bonds is 3. The van der Waals surface area contributed by atoms with Gasteiger partial charge in [-0.25, -0.2) is 4.39 Å². The second kappa shape index (κ2) is 6.41. The predicted molar refractivity (Wildman–Crippen MR) is 75.7 cm³/mol. The van der Waals surface area contributed by atoms with Crippen LogP contribution < -0.4 is 10.9 Å². The van der Waals surface area contributed by atoms with Crippen molar-refractivity contribution in [1.82, 2.24) is 4.57 Å². The Bertz CT molecular complexity index is 802. The molecule has 0 saturated carbocycles. The monoisotopic (exact) mass is 348 g/mol. The molecule has 1 amide bonds. The summed E-state index contributed by atoms with van der Waals surface area (Å²) < 4.78 is 51.5. The van der Waals surface area contributed by atoms with Crippen molar-refractivity contribution in [2.75, 3.05) is 5.32 Å². The minimum Gasteiger partial charge on any atom is -0.324 e. The molecule has 1 aromatic carbocycles. The van der Waals surface area contributed by atoms with Crippen molar-refractivity contribution >= 4 is 23.2 Å². The minimum absolute atomic E-state index is 0.154. The molecule has 0 aliphatic carbocycles. The van der Waals surface area contributed by atoms with Crippen molar-refractivity contribution < 1.29 is 22.4 Å². The van der Waals surface area contributed by atoms with E-state index in [1.807, 2.05) is 0 Å². The van der Waals surface area contributed by atoms with Crippen LogP contribution in [0.5, 0.6) is 0 Å². The number of carbonyl (C=O) groups excluding carboxylic acids is 1. The highest BCUT2D eigenvalue weighted by atomic mass is 35.5. The third-order valence-electron chi connectivity index (χ3n) is 2.84. The summed E-state index contributed by atoms with van der Waals surface area (Å²) in [7, 11) is 0. The quantitative estimate of drug-likeness (QED) is 0.865. The van der Waals surface area contributed by atoms with Crippen LogP contribution in [0.2, 0.25) is 5.02 Å². The largest absolute Gasteiger partial charge is 0.421 e. The maximum absolute atomic E-state index is 13.0. The average molecular weight is 349 g/mol. The smallest absolute Gasteiger partial charge is 0.324 e. The number of pyridine rings is 1. The molecule has 2 aromatic rings. The first-order valence-electron chi connectivity index (χ1n) is 6.20. The Morgan fingerprint density at radius 1 is 1.26 bits per heavy atom. The second-order valence-electron chi connectivity index (χ2n) is 4.53. The van der Waals surface area contributed by atoms with Gasteiger partial charge in [0.2, 0.25) is 5.91 Å². The molecule has 0 unspecified atom stereocenters. The molecule has 0 aliphatic rings. The molecule has 0 radical (unpaired) electrons. The molecule has 2 rings (SSSR count). The van der Waals surface area contributed by atoms with Crippen molar-refractivity contribution in [3.8, 4) is 0 Å². The highest BCUT2D eigenvalue weighted by Gasteiger charge is 2.34. The summed E-state index contributed by atoms with van der Waals surface area (Å²) in [6.07, 6.45) is -3.74. The van der Waals surface area contributed by atoms with Crippen molar-refractivity contribution in [2.24, 2.45) is 0 Å². The van der Waals surface area contributed by atoms with Gasteiger partial charge in [0.1, 0.15) is 17.9 Å². The Hall–Kier alpha value is -2.35. The fourth-order valence-corrected chi connectivity index (χ4v) is 1.99. The van der Waals surface area contributed by atoms with E-state index >= 15 is 0 Å². The molecule has 1 N–H and O–H groups in total. The zero-order valence-electron chi connectivity index (χ0n) is 11.3. The van der Waals surface area contributed by atoms with Crippen molar-refractivity contribution in [3.63, 3.8) is 0 Å². The van der Waals surface area contributed by atoms with Gasteiger partial charge in [0, 0.05) is 11.9 Å². The van der Waals surface area contributed by atoms with E-state index in [2.05, 4.69) is 5.32 Å². The standard InChI is InChI=1S/C14H9ClF4N2O2/c15-10-6-8(3-4-11(10)16)20-12(22)7-21-5-1-2-9(13(21)23)14(17,18)19/h1-6H,7H2,(H,20,22). The number of hydrogen-bond donors (Lipinski definition) is 1. The number of amides is 1. The molecule has 0 atom stereocenters. The van der Waals surface area contributed by atoms with Crippen molar-refractivity contribution in [1.29, 1.82) is 0 Å². The lowest BCUT2D eigenvalue weighted by Crippen LogP contribution is -2.31. The van der Waals surface area contributed by atoms with E-state index in [1.165, 1.54) is 6.07 Å². The summed E-state index contributed by atoms with van der Waals surface area (Å²) in [4.78, 5) is 23.5. The highest BCUT2D eigenvalue weighted by molar-refractivity contribution is 6.31. The number of benzene rings is 1. The van der Waals surface area contributed by atoms with E-state index in [-0.39, 0.29) is 10.7 Å². The molecular formula is C14H9ClF4N2O2. The minimum atomic E-state index is -4.80. The molecule has 4 nitrogen and oxygen atoms in total. The Balaban J connectivity index is 2.18. The van der Waals surface area contributed by atoms with Crippen LogP contribution in [0.1, 0.15) is 5.56 Å². The fraction of sp³-hybridized carbons (Fsp3) is 0.143. The molecule has 23 heavy (non-hydrogen) atoms. The van der Waals surface area contributed by atoms with E-state index in [0.717, 1.165) is 24.4 Å². The lowest BCUT2D eigenvalue weighted by Gasteiger charge is -2.11. The molecule has 9 heteroatoms. The first-order chi connectivity index (χ1) is 10.7. The topological polar surface area (TPSA) is 51.1 Å². The second-order valence-corrected chi connectivity index (χ2v) is 4.94. The third-order valence-corrected chi connectivity index (χ3v) is 3.13. The zero-order chi connectivity index (χ0) is 17.2. The van der Waals surface area contributed by atoms with Crippen LogP contribution in [0.15, 0.2) is 41.3 Å². The van der Waals surface area contributed by atoms with Gasteiger partial charge in [-0.05, 0) is 30.3 Å². The van der Waals surface area contributed by atoms with Gasteiger partial charge in [0.05, 0.1) is 5.02 Å². The Kier molecular flexibility index (Phi) is 4.74. The lowest BCUT2D eigenvalue weighted by atomic mass is 10.2. The molecule has 0 bridgehead atoms. The van der Waals surface area contributed by atoms with Gasteiger partial charge in [-0.15, -0.1) is 0 Å². The van der Waals surface area contributed by atoms with Crippen LogP contribution in [0.25, 0.3) is 0 Å². The SMILES string of the molecule is O=C(Cn1cccc(C(F)(F)F)c1=O)Nc1ccc(F)c(Cl)c1. The van der Waals surface area contributed by atoms with Gasteiger partial charge in [-0.3, -0.25) is 9.59 Å². The van der Waals surface area contributed by atoms with Gasteiger partial charge >= 0.3 is 6.18 Å². The summed E-state index contributed by atoms with van der Waals surface area (Å²) in [5.74, 6) is -1.44. The molecule has 0 saturated heterocycles. The third kappa shape index (κ3) is 4.10. The number of alkyl halides is 3. The average Bonchev–Trinajstić information content (AvgIpc) is 2.44. The summed E-state index contributed by atoms with van der Waals surface area (Å²) in [5.41, 5.74) is -2.54. The molecule has 0 fully saturated rings. The number of hydrogen-bond acceptors (Lipinski definition) is 2. The van der Waals surface area contributed by atoms with E-state index in [4.69, 9.17) is 11.6 Å². The Morgan fingerprint density at radius 2 is 1.96 bits per heavy atom. The number of halogens is 5. The summed E-state index contributed by atoms with van der Waals surface area (Å²) in [5, 5.41) is 2.09. The number of anilines is 1. The van der Waals surface area contributed by atoms with E-state index < -0.39 is 35.6 Å². The van der Waals surface area contributed by atoms with Gasteiger partial charge in [-0.1, -0.05) is 11.6 Å². The Labute approximate surface area is 132 Å². The molecule has 0 spiro atoms. The van der Waals surface area contributed by atoms with Gasteiger partial charge < -0.3 is 9.88 Å². The van der Waals surface area contributed by atoms with Crippen LogP contribution in [0, 0.1) is 5.82 Å². The van der Waals surface area contributed by atoms with Crippen LogP contribution in [0.4, 0.5) is 23.2 Å². The zero-order valence-corrected chi connectivity index (χ0v) is 12.1. The molecule has 1 aromatic heterocycles. The van der Waals surface area contributed by atoms with Crippen LogP contribution >= 0.6 is 11.6 Å². The number of carbonyl (C=O) groups is 1. The summed E-state index contributed by atoms with van der Waals surface area (Å²) in [6, 6.07) is 5.05. The number of nitrogens with one attached hydrogen (secondary N) is 1. The van der Waals surface area contributed by atoms with E-state index in [1.54, 1.807) is 0 Å². The lowest BCUT2D eigenvalue weighted by molar-refractivity contribution is -0.139. The van der Waals surface area contributed by atoms with Crippen LogP contribution in [0.3, 0.4) is 0 Å². The molecule has 1 heterocycles. The summed E-state index contributed by atoms with van der Waals surface area (Å²) in [6.45, 7) is -0.627. The van der Waals surface area contributed by atoms with E-state index in [9.17, 15) is 27.2 Å². The number of nitrogens with zero attached hydrogens (tertiary/aromatic N) is 1. The van der Waals surface area contributed by atoms with Gasteiger partial charge in [0.15, 0.2) is 0 Å². The van der Waals surface area contributed by atoms with Crippen LogP contribution in [-0.2, 0) is 17.5 Å². The van der Waals surface area contributed by atoms with Crippen molar-refractivity contribution in [2.45, 2.75) is 12.7 Å². The normalized spacial score (nSPS) is 11.3. The highest BCUT2D eigenvalue weighted by Crippen LogP contribution is 2.26. The Morgan fingerprint density at radius 3 is 2.57 bits per heavy atom. The molecule has 122 valence electrons. The number of aromatic nitrogens is 1. The van der Waals surface area contributed by atoms with Crippen LogP contribution in [-0.4, -0.2) is 10.5 Å². The predicted octanol–water partition coefficient (Wildman–Crippen LogP) is 3.30. The summed E-state index contributed by atoms with van der Waals surface area (Å²) >= 11 is 5.55. The van der Waals surface area contributed by atoms with Crippen molar-refractivity contribution in [3.05, 3.63) is 63.3 Å². The first-order valence-corrected chi connectivity index (χ1v) is 6.58. The fourth-order valence-electron chi connectivity index (χ4n) is 1.81. The molecule has 0 aliphatic heterocycles. The van der Waals surface area contributed by atoms with Gasteiger partial charge in [-0.2, -0.15) is 13.2 Å². The maximum Gasteiger partial charge on any atom is 0.421 e. The first kappa shape index (κ1) is 17.0. The maximum atomic E-state index is 13.0. The van der Waals surface area contributed by atoms with Gasteiger partial charge in [0.25, 0.3) is 5.56 Å².